The van der Waals surface area contributed by atoms with Crippen LogP contribution in [0.4, 0.5) is 0 Å². The number of unbranched alkanes of at least 4 members (excludes halogenated alkanes) is 33. The van der Waals surface area contributed by atoms with Crippen molar-refractivity contribution >= 4 is 35.6 Å². The maximum atomic E-state index is 14.6. The first kappa shape index (κ1) is 127. The average Bonchev–Trinajstić information content (AvgIpc) is 0.738. The number of nitrogens with one attached hydrogen (secondary N) is 4. The third kappa shape index (κ3) is 38.1. The molecule has 0 radical (unpaired) electrons. The van der Waals surface area contributed by atoms with Crippen molar-refractivity contribution in [2.45, 2.75) is 524 Å². The first-order chi connectivity index (χ1) is 69.3. The van der Waals surface area contributed by atoms with E-state index in [2.05, 4.69) is 35.1 Å². The molecular formula is C98H174N4O43. The third-order valence-corrected chi connectivity index (χ3v) is 28.2. The van der Waals surface area contributed by atoms with Crippen LogP contribution >= 0.6 is 0 Å². The van der Waals surface area contributed by atoms with Crippen molar-refractivity contribution in [1.29, 1.82) is 0 Å². The molecule has 47 heteroatoms. The lowest BCUT2D eigenvalue weighted by Crippen LogP contribution is -2.73. The van der Waals surface area contributed by atoms with Crippen LogP contribution < -0.4 is 21.3 Å². The van der Waals surface area contributed by atoms with Crippen LogP contribution in [0.15, 0.2) is 12.2 Å². The van der Waals surface area contributed by atoms with Crippen LogP contribution in [0.25, 0.3) is 0 Å². The number of hydrogen-bond donors (Lipinski definition) is 27. The Bertz CT molecular complexity index is 3670. The molecule has 0 aromatic rings. The van der Waals surface area contributed by atoms with Crippen LogP contribution in [-0.2, 0) is 95.1 Å². The zero-order valence-corrected chi connectivity index (χ0v) is 84.8. The number of hydrogen-bond acceptors (Lipinski definition) is 41. The SMILES string of the molecule is CCCCCCCCCCCCC/C=C/[C@@H](O)[C@H](CO[C@@H]1OC(CO)[C@@H](O[C@@H]2OC(CO)[C@H](O[C@@H]3OC(CO)[C@H](O)[C@H](O[C@@H]4OC(CO)[C@H](O)[C@H](O)C4O[C@H]4OC(C)[C@@H](O)C(O)[C@@H]4O)C3NC(C)=O)[C@H](O[C@]3(C(=O)O)CC(O)[C@@H](NC(C)=O)C([C@H](O)[C@@H](CO)O[C@]4(C(=O)O)CC(O)[C@@H](NC(C)=O)C([C@H](O)[C@H](O)CO)O4)O3)C2O)[C@H](O)C1O)NC(=O)CCCCCCCCCCCCCCCCCCCCCCCCC. The molecule has 0 bridgehead atoms. The first-order valence-electron chi connectivity index (χ1n) is 52.6. The van der Waals surface area contributed by atoms with E-state index in [1.807, 2.05) is 0 Å². The highest BCUT2D eigenvalue weighted by Gasteiger charge is 2.65. The number of aliphatic hydroxyl groups excluding tert-OH is 21. The predicted octanol–water partition coefficient (Wildman–Crippen LogP) is -1.90. The topological polar surface area (TPSA) is 745 Å². The number of ether oxygens (including phenoxy) is 14. The van der Waals surface area contributed by atoms with Gasteiger partial charge in [0.15, 0.2) is 31.5 Å². The molecule has 7 aliphatic heterocycles. The van der Waals surface area contributed by atoms with Crippen molar-refractivity contribution in [2.75, 3.05) is 46.2 Å². The molecule has 14 unspecified atom stereocenters. The first-order valence-corrected chi connectivity index (χ1v) is 52.6. The van der Waals surface area contributed by atoms with Gasteiger partial charge in [-0.3, -0.25) is 19.2 Å². The van der Waals surface area contributed by atoms with Crippen molar-refractivity contribution in [3.8, 4) is 0 Å². The lowest BCUT2D eigenvalue weighted by Gasteiger charge is -2.53. The summed E-state index contributed by atoms with van der Waals surface area (Å²) in [6.45, 7) is -0.0531. The van der Waals surface area contributed by atoms with Gasteiger partial charge < -0.3 is 205 Å². The fourth-order valence-corrected chi connectivity index (χ4v) is 19.7. The molecule has 7 saturated heterocycles. The van der Waals surface area contributed by atoms with Crippen LogP contribution in [-0.4, -0.2) is 437 Å². The van der Waals surface area contributed by atoms with Crippen LogP contribution in [0, 0.1) is 0 Å². The standard InChI is InChI=1S/C98H174N4O43/c1-7-9-11-13-15-17-19-21-22-23-24-25-26-27-28-29-30-32-34-36-38-40-42-44-68(116)102-58(59(112)43-41-39-37-35-33-31-20-18-16-14-12-10-8-2)53-132-91-81(126)79(124)83(66(51-107)136-91)138-93-82(127)88(145-98(96(130)131)46-61(114)70(100-56(5)110)87(144-98)76(121)65(50-106)142-97(95(128)129)45-60(113)69(99-55(4)109)86(143-97)73(118)62(115)47-103)84(67(52-108)137-93)139-90-71(101-57(6)111)85(75(120)64(49-105)134-90)140-94-89(78(123)74(119)63(48-104)135-94)141-92-80(125)77(122)72(117)54(3)133-92/h41,43,54,58-67,69-94,103-108,112-115,117-127H,7-40,42,44-53H2,1-6H3,(H,99,109)(H,100,110)(H,101,111)(H,102,116)(H,128,129)(H,130,131)/b43-41+/t54?,58-,59+,60?,61?,62+,63?,64?,65+,66?,67?,69+,70+,71?,72+,73+,74-,75-,76+,77?,78-,79+,80-,81?,82?,83+,84-,85+,86?,87?,88+,89?,90-,91+,92+,93-,94-,97+,98-/m0/s1. The Kier molecular flexibility index (Phi) is 57.5. The molecule has 7 heterocycles. The fraction of sp³-hybridized carbons (Fsp3) is 0.918. The van der Waals surface area contributed by atoms with Gasteiger partial charge in [-0.2, -0.15) is 0 Å². The zero-order chi connectivity index (χ0) is 107. The summed E-state index contributed by atoms with van der Waals surface area (Å²) in [5.74, 6) is -15.3. The van der Waals surface area contributed by atoms with Gasteiger partial charge >= 0.3 is 11.9 Å². The fourth-order valence-electron chi connectivity index (χ4n) is 19.7. The van der Waals surface area contributed by atoms with Crippen LogP contribution in [0.5, 0.6) is 0 Å². The molecule has 0 aliphatic carbocycles. The Morgan fingerprint density at radius 2 is 0.779 bits per heavy atom. The number of aliphatic carboxylic acids is 2. The lowest BCUT2D eigenvalue weighted by atomic mass is 9.87. The number of amides is 4. The predicted molar refractivity (Wildman–Crippen MR) is 508 cm³/mol. The molecule has 7 aliphatic rings. The Hall–Kier alpha value is -4.84. The molecule has 39 atom stereocenters. The van der Waals surface area contributed by atoms with Crippen molar-refractivity contribution in [3.63, 3.8) is 0 Å². The van der Waals surface area contributed by atoms with E-state index in [0.717, 1.165) is 91.4 Å². The minimum absolute atomic E-state index is 0.0701. The third-order valence-electron chi connectivity index (χ3n) is 28.2. The number of carboxylic acids is 2. The summed E-state index contributed by atoms with van der Waals surface area (Å²) in [7, 11) is 0. The highest BCUT2D eigenvalue weighted by molar-refractivity contribution is 5.78. The second kappa shape index (κ2) is 65.6. The van der Waals surface area contributed by atoms with Gasteiger partial charge in [-0.25, -0.2) is 9.59 Å². The minimum atomic E-state index is -3.75. The molecule has 7 rings (SSSR count). The Morgan fingerprint density at radius 1 is 0.386 bits per heavy atom. The molecule has 0 saturated carbocycles. The minimum Gasteiger partial charge on any atom is -0.477 e. The smallest absolute Gasteiger partial charge is 0.364 e. The van der Waals surface area contributed by atoms with E-state index in [1.54, 1.807) is 6.08 Å². The van der Waals surface area contributed by atoms with E-state index < -0.39 is 333 Å². The summed E-state index contributed by atoms with van der Waals surface area (Å²) in [6.07, 6.45) is -32.3. The molecule has 0 aromatic carbocycles. The van der Waals surface area contributed by atoms with Gasteiger partial charge in [0.25, 0.3) is 11.6 Å². The highest BCUT2D eigenvalue weighted by Crippen LogP contribution is 2.44. The van der Waals surface area contributed by atoms with Gasteiger partial charge in [-0.15, -0.1) is 0 Å². The number of aliphatic hydroxyl groups is 21. The molecule has 7 fully saturated rings. The lowest BCUT2D eigenvalue weighted by molar-refractivity contribution is -0.406. The quantitative estimate of drug-likeness (QED) is 0.0234. The summed E-state index contributed by atoms with van der Waals surface area (Å²) >= 11 is 0. The van der Waals surface area contributed by atoms with E-state index >= 15 is 0 Å². The maximum absolute atomic E-state index is 14.6. The number of allylic oxidation sites excluding steroid dienone is 1. The van der Waals surface area contributed by atoms with E-state index in [4.69, 9.17) is 66.3 Å². The van der Waals surface area contributed by atoms with Gasteiger partial charge in [-0.1, -0.05) is 231 Å². The molecule has 0 spiro atoms. The largest absolute Gasteiger partial charge is 0.477 e. The number of carbonyl (C=O) groups is 6. The number of carboxylic acid groups (broad SMARTS) is 2. The monoisotopic (exact) mass is 2100 g/mol. The van der Waals surface area contributed by atoms with E-state index in [0.29, 0.717) is 12.8 Å². The Balaban J connectivity index is 1.17. The van der Waals surface area contributed by atoms with Crippen LogP contribution in [0.2, 0.25) is 0 Å². The molecule has 145 heavy (non-hydrogen) atoms. The molecule has 844 valence electrons. The van der Waals surface area contributed by atoms with Gasteiger partial charge in [0.05, 0.1) is 88.8 Å². The van der Waals surface area contributed by atoms with Crippen molar-refractivity contribution in [2.24, 2.45) is 0 Å². The maximum Gasteiger partial charge on any atom is 0.364 e. The number of carbonyl (C=O) groups excluding carboxylic acids is 4. The summed E-state index contributed by atoms with van der Waals surface area (Å²) < 4.78 is 85.0. The summed E-state index contributed by atoms with van der Waals surface area (Å²) in [6, 6.07) is -7.34. The summed E-state index contributed by atoms with van der Waals surface area (Å²) in [5, 5.41) is 273. The van der Waals surface area contributed by atoms with Gasteiger partial charge in [-0.05, 0) is 26.2 Å². The summed E-state index contributed by atoms with van der Waals surface area (Å²) in [5.41, 5.74) is 0. The second-order valence-electron chi connectivity index (χ2n) is 39.9. The van der Waals surface area contributed by atoms with E-state index in [9.17, 15) is 146 Å². The van der Waals surface area contributed by atoms with E-state index in [-0.39, 0.29) is 6.42 Å². The Morgan fingerprint density at radius 3 is 1.26 bits per heavy atom. The van der Waals surface area contributed by atoms with Gasteiger partial charge in [0, 0.05) is 40.0 Å². The van der Waals surface area contributed by atoms with Gasteiger partial charge in [0.1, 0.15) is 153 Å². The Labute approximate surface area is 847 Å². The van der Waals surface area contributed by atoms with Crippen LogP contribution in [0.3, 0.4) is 0 Å². The average molecular weight is 2100 g/mol. The van der Waals surface area contributed by atoms with E-state index in [1.165, 1.54) is 154 Å². The molecular weight excluding hydrogens is 1920 g/mol. The van der Waals surface area contributed by atoms with Gasteiger partial charge in [0.2, 0.25) is 23.6 Å². The second-order valence-corrected chi connectivity index (χ2v) is 39.9. The highest BCUT2D eigenvalue weighted by atomic mass is 16.8. The number of rotatable bonds is 69. The molecule has 0 aromatic heterocycles. The van der Waals surface area contributed by atoms with Crippen molar-refractivity contribution < 1.29 is 213 Å². The summed E-state index contributed by atoms with van der Waals surface area (Å²) in [4.78, 5) is 81.3. The van der Waals surface area contributed by atoms with Crippen LogP contribution in [0.1, 0.15) is 286 Å². The molecule has 27 N–H and O–H groups in total. The normalized spacial score (nSPS) is 35.5. The van der Waals surface area contributed by atoms with Crippen molar-refractivity contribution in [3.05, 3.63) is 12.2 Å². The van der Waals surface area contributed by atoms with Crippen molar-refractivity contribution in [1.82, 2.24) is 21.3 Å². The molecule has 4 amide bonds. The molecule has 47 nitrogen and oxygen atoms in total. The zero-order valence-electron chi connectivity index (χ0n) is 84.8.